The van der Waals surface area contributed by atoms with Crippen molar-refractivity contribution in [2.75, 3.05) is 5.21 Å². The average molecular weight is 244 g/mol. The van der Waals surface area contributed by atoms with E-state index >= 15 is 0 Å². The zero-order valence-corrected chi connectivity index (χ0v) is 8.97. The molecule has 5 heteroatoms. The van der Waals surface area contributed by atoms with Gasteiger partial charge in [-0.3, -0.25) is 0 Å². The van der Waals surface area contributed by atoms with E-state index in [0.29, 0.717) is 21.0 Å². The first-order chi connectivity index (χ1) is 5.74. The van der Waals surface area contributed by atoms with E-state index in [1.807, 2.05) is 0 Å². The van der Waals surface area contributed by atoms with E-state index in [9.17, 15) is 0 Å². The fourth-order valence-corrected chi connectivity index (χ4v) is 1.57. The van der Waals surface area contributed by atoms with Crippen LogP contribution in [-0.2, 0) is 0 Å². The van der Waals surface area contributed by atoms with E-state index in [0.717, 1.165) is 12.0 Å². The second kappa shape index (κ2) is 5.07. The Morgan fingerprint density at radius 1 is 1.33 bits per heavy atom. The standard InChI is InChI=1S/C7H5Cl3OS/c8-4-12-11-7-2-1-5(9)3-6(7)10/h1-3H,4H2. The van der Waals surface area contributed by atoms with E-state index in [4.69, 9.17) is 39.0 Å². The molecule has 0 heterocycles. The lowest BCUT2D eigenvalue weighted by Crippen LogP contribution is -1.81. The lowest BCUT2D eigenvalue weighted by molar-refractivity contribution is 0.649. The molecule has 66 valence electrons. The molecule has 0 radical (unpaired) electrons. The van der Waals surface area contributed by atoms with Gasteiger partial charge in [-0.2, -0.15) is 0 Å². The number of hydrogen-bond acceptors (Lipinski definition) is 2. The zero-order chi connectivity index (χ0) is 8.97. The Labute approximate surface area is 90.2 Å². The Kier molecular flexibility index (Phi) is 4.36. The predicted octanol–water partition coefficient (Wildman–Crippen LogP) is 4.22. The van der Waals surface area contributed by atoms with E-state index in [1.165, 1.54) is 0 Å². The van der Waals surface area contributed by atoms with Crippen molar-refractivity contribution in [3.63, 3.8) is 0 Å². The van der Waals surface area contributed by atoms with Crippen LogP contribution in [0.5, 0.6) is 5.75 Å². The van der Waals surface area contributed by atoms with Gasteiger partial charge in [0.2, 0.25) is 0 Å². The van der Waals surface area contributed by atoms with Gasteiger partial charge in [0.25, 0.3) is 0 Å². The Bertz CT molecular complexity index is 267. The van der Waals surface area contributed by atoms with Crippen molar-refractivity contribution in [3.8, 4) is 5.75 Å². The highest BCUT2D eigenvalue weighted by Gasteiger charge is 2.01. The normalized spacial score (nSPS) is 9.92. The molecule has 0 bridgehead atoms. The van der Waals surface area contributed by atoms with Crippen LogP contribution in [0.1, 0.15) is 0 Å². The SMILES string of the molecule is ClCSOc1ccc(Cl)cc1Cl. The van der Waals surface area contributed by atoms with Crippen molar-refractivity contribution in [2.24, 2.45) is 0 Å². The lowest BCUT2D eigenvalue weighted by Gasteiger charge is -2.03. The Morgan fingerprint density at radius 2 is 2.08 bits per heavy atom. The summed E-state index contributed by atoms with van der Waals surface area (Å²) in [6.07, 6.45) is 0. The van der Waals surface area contributed by atoms with Gasteiger partial charge in [0, 0.05) is 5.02 Å². The van der Waals surface area contributed by atoms with Gasteiger partial charge in [0.1, 0.15) is 5.21 Å². The Balaban J connectivity index is 2.72. The Morgan fingerprint density at radius 3 is 2.67 bits per heavy atom. The maximum atomic E-state index is 5.80. The highest BCUT2D eigenvalue weighted by molar-refractivity contribution is 7.96. The lowest BCUT2D eigenvalue weighted by atomic mass is 10.3. The van der Waals surface area contributed by atoms with Gasteiger partial charge in [-0.25, -0.2) is 0 Å². The van der Waals surface area contributed by atoms with Crippen LogP contribution in [0.4, 0.5) is 0 Å². The molecule has 0 fully saturated rings. The van der Waals surface area contributed by atoms with Gasteiger partial charge in [0.15, 0.2) is 5.75 Å². The maximum Gasteiger partial charge on any atom is 0.156 e. The van der Waals surface area contributed by atoms with Crippen LogP contribution in [0.15, 0.2) is 18.2 Å². The molecule has 12 heavy (non-hydrogen) atoms. The fraction of sp³-hybridized carbons (Fsp3) is 0.143. The van der Waals surface area contributed by atoms with Crippen molar-refractivity contribution in [2.45, 2.75) is 0 Å². The van der Waals surface area contributed by atoms with Crippen LogP contribution >= 0.6 is 46.8 Å². The molecule has 0 atom stereocenters. The average Bonchev–Trinajstić information content (AvgIpc) is 2.03. The summed E-state index contributed by atoms with van der Waals surface area (Å²) in [5.74, 6) is 0.576. The fourth-order valence-electron chi connectivity index (χ4n) is 0.629. The third kappa shape index (κ3) is 2.94. The van der Waals surface area contributed by atoms with Gasteiger partial charge in [-0.15, -0.1) is 11.6 Å². The number of benzene rings is 1. The number of rotatable bonds is 3. The van der Waals surface area contributed by atoms with Crippen LogP contribution < -0.4 is 4.18 Å². The molecule has 0 saturated carbocycles. The quantitative estimate of drug-likeness (QED) is 0.581. The molecule has 0 aliphatic rings. The molecule has 0 saturated heterocycles. The first-order valence-corrected chi connectivity index (χ1v) is 5.24. The van der Waals surface area contributed by atoms with Crippen LogP contribution in [0.25, 0.3) is 0 Å². The molecule has 0 amide bonds. The topological polar surface area (TPSA) is 9.23 Å². The number of hydrogen-bond donors (Lipinski definition) is 0. The van der Waals surface area contributed by atoms with Crippen LogP contribution in [0, 0.1) is 0 Å². The summed E-state index contributed by atoms with van der Waals surface area (Å²) < 4.78 is 5.14. The van der Waals surface area contributed by atoms with E-state index in [-0.39, 0.29) is 0 Å². The summed E-state index contributed by atoms with van der Waals surface area (Å²) >= 11 is 18.0. The molecular formula is C7H5Cl3OS. The summed E-state index contributed by atoms with van der Waals surface area (Å²) in [6.45, 7) is 0. The van der Waals surface area contributed by atoms with Gasteiger partial charge < -0.3 is 4.18 Å². The molecule has 1 aromatic rings. The summed E-state index contributed by atoms with van der Waals surface area (Å²) in [6, 6.07) is 5.02. The summed E-state index contributed by atoms with van der Waals surface area (Å²) in [4.78, 5) is 0. The van der Waals surface area contributed by atoms with Crippen molar-refractivity contribution in [1.29, 1.82) is 0 Å². The van der Waals surface area contributed by atoms with E-state index < -0.39 is 0 Å². The zero-order valence-electron chi connectivity index (χ0n) is 5.89. The van der Waals surface area contributed by atoms with Gasteiger partial charge in [-0.05, 0) is 18.2 Å². The first kappa shape index (κ1) is 10.3. The predicted molar refractivity (Wildman–Crippen MR) is 55.4 cm³/mol. The molecule has 0 unspecified atom stereocenters. The molecular weight excluding hydrogens is 239 g/mol. The first-order valence-electron chi connectivity index (χ1n) is 3.04. The molecule has 1 aromatic carbocycles. The largest absolute Gasteiger partial charge is 0.423 e. The highest BCUT2D eigenvalue weighted by atomic mass is 35.5. The van der Waals surface area contributed by atoms with E-state index in [1.54, 1.807) is 18.2 Å². The summed E-state index contributed by atoms with van der Waals surface area (Å²) in [5, 5.41) is 1.43. The second-order valence-electron chi connectivity index (χ2n) is 1.89. The maximum absolute atomic E-state index is 5.80. The molecule has 1 nitrogen and oxygen atoms in total. The van der Waals surface area contributed by atoms with Crippen LogP contribution in [0.2, 0.25) is 10.0 Å². The minimum absolute atomic E-state index is 0.360. The van der Waals surface area contributed by atoms with Crippen LogP contribution in [-0.4, -0.2) is 5.21 Å². The third-order valence-electron chi connectivity index (χ3n) is 1.09. The molecule has 0 N–H and O–H groups in total. The highest BCUT2D eigenvalue weighted by Crippen LogP contribution is 2.29. The number of alkyl halides is 1. The van der Waals surface area contributed by atoms with Crippen molar-refractivity contribution in [1.82, 2.24) is 0 Å². The van der Waals surface area contributed by atoms with Crippen molar-refractivity contribution in [3.05, 3.63) is 28.2 Å². The minimum atomic E-state index is 0.360. The van der Waals surface area contributed by atoms with Gasteiger partial charge in [-0.1, -0.05) is 23.2 Å². The van der Waals surface area contributed by atoms with E-state index in [2.05, 4.69) is 0 Å². The summed E-state index contributed by atoms with van der Waals surface area (Å²) in [5.41, 5.74) is 0. The molecule has 0 spiro atoms. The summed E-state index contributed by atoms with van der Waals surface area (Å²) in [7, 11) is 0. The monoisotopic (exact) mass is 242 g/mol. The second-order valence-corrected chi connectivity index (χ2v) is 4.00. The van der Waals surface area contributed by atoms with Crippen LogP contribution in [0.3, 0.4) is 0 Å². The van der Waals surface area contributed by atoms with Crippen molar-refractivity contribution >= 4 is 46.8 Å². The smallest absolute Gasteiger partial charge is 0.156 e. The molecule has 0 aromatic heterocycles. The Hall–Kier alpha value is 0.240. The molecule has 1 rings (SSSR count). The molecule has 0 aliphatic carbocycles. The minimum Gasteiger partial charge on any atom is -0.423 e. The molecule has 0 aliphatic heterocycles. The van der Waals surface area contributed by atoms with Gasteiger partial charge >= 0.3 is 0 Å². The van der Waals surface area contributed by atoms with Crippen molar-refractivity contribution < 1.29 is 4.18 Å². The van der Waals surface area contributed by atoms with Gasteiger partial charge in [0.05, 0.1) is 17.1 Å². The third-order valence-corrected chi connectivity index (χ3v) is 2.27. The number of halogens is 3.